The third-order valence-corrected chi connectivity index (χ3v) is 8.65. The smallest absolute Gasteiger partial charge is 0.0372 e. The minimum Gasteiger partial charge on any atom is -0.372 e. The molecule has 0 aliphatic carbocycles. The minimum absolute atomic E-state index is 1.16. The number of benzene rings is 5. The first-order valence-electron chi connectivity index (χ1n) is 14.5. The van der Waals surface area contributed by atoms with E-state index >= 15 is 0 Å². The van der Waals surface area contributed by atoms with Crippen LogP contribution in [0.15, 0.2) is 97.1 Å². The van der Waals surface area contributed by atoms with Gasteiger partial charge in [0.05, 0.1) is 0 Å². The Bertz CT molecular complexity index is 1440. The van der Waals surface area contributed by atoms with Gasteiger partial charge >= 0.3 is 0 Å². The molecule has 0 saturated carbocycles. The van der Waals surface area contributed by atoms with E-state index in [1.54, 1.807) is 0 Å². The van der Waals surface area contributed by atoms with E-state index in [1.165, 1.54) is 93.7 Å². The maximum Gasteiger partial charge on any atom is 0.0372 e. The van der Waals surface area contributed by atoms with Crippen molar-refractivity contribution in [2.75, 3.05) is 36.0 Å². The Hall–Kier alpha value is -3.78. The van der Waals surface area contributed by atoms with Gasteiger partial charge in [-0.05, 0) is 107 Å². The van der Waals surface area contributed by atoms with Crippen molar-refractivity contribution < 1.29 is 0 Å². The SMILES string of the molecule is c1ccc(-c2c3ccc(N4CCCCC4)cc3c(-c3ccccc3)c3ccc(N4CCCCC4)cc23)cc1. The minimum atomic E-state index is 1.16. The van der Waals surface area contributed by atoms with E-state index in [0.29, 0.717) is 0 Å². The second-order valence-corrected chi connectivity index (χ2v) is 11.0. The molecule has 2 heteroatoms. The van der Waals surface area contributed by atoms with E-state index in [-0.39, 0.29) is 0 Å². The summed E-state index contributed by atoms with van der Waals surface area (Å²) in [7, 11) is 0. The maximum absolute atomic E-state index is 2.59. The highest BCUT2D eigenvalue weighted by atomic mass is 15.1. The Labute approximate surface area is 226 Å². The number of nitrogens with zero attached hydrogens (tertiary/aromatic N) is 2. The molecular formula is C36H36N2. The summed E-state index contributed by atoms with van der Waals surface area (Å²) < 4.78 is 0. The highest BCUT2D eigenvalue weighted by Gasteiger charge is 2.20. The molecule has 2 saturated heterocycles. The monoisotopic (exact) mass is 496 g/mol. The fourth-order valence-electron chi connectivity index (χ4n) is 6.73. The van der Waals surface area contributed by atoms with Gasteiger partial charge in [0, 0.05) is 37.6 Å². The molecule has 2 fully saturated rings. The van der Waals surface area contributed by atoms with Crippen LogP contribution in [0.4, 0.5) is 11.4 Å². The zero-order valence-electron chi connectivity index (χ0n) is 22.2. The fourth-order valence-corrected chi connectivity index (χ4v) is 6.73. The topological polar surface area (TPSA) is 6.48 Å². The molecule has 0 bridgehead atoms. The van der Waals surface area contributed by atoms with Gasteiger partial charge < -0.3 is 9.80 Å². The Morgan fingerprint density at radius 2 is 0.763 bits per heavy atom. The molecule has 0 N–H and O–H groups in total. The van der Waals surface area contributed by atoms with E-state index < -0.39 is 0 Å². The van der Waals surface area contributed by atoms with Crippen molar-refractivity contribution in [3.63, 3.8) is 0 Å². The normalized spacial score (nSPS) is 16.3. The molecule has 0 aromatic heterocycles. The molecule has 38 heavy (non-hydrogen) atoms. The third-order valence-electron chi connectivity index (χ3n) is 8.65. The average Bonchev–Trinajstić information content (AvgIpc) is 3.01. The first kappa shape index (κ1) is 23.3. The van der Waals surface area contributed by atoms with Crippen molar-refractivity contribution in [2.24, 2.45) is 0 Å². The number of anilines is 2. The Morgan fingerprint density at radius 1 is 0.368 bits per heavy atom. The number of fused-ring (bicyclic) bond motifs is 2. The molecule has 0 unspecified atom stereocenters. The first-order chi connectivity index (χ1) is 18.9. The van der Waals surface area contributed by atoms with Crippen molar-refractivity contribution in [3.05, 3.63) is 97.1 Å². The van der Waals surface area contributed by atoms with Gasteiger partial charge in [-0.25, -0.2) is 0 Å². The highest BCUT2D eigenvalue weighted by molar-refractivity contribution is 6.22. The van der Waals surface area contributed by atoms with Crippen LogP contribution in [0.3, 0.4) is 0 Å². The lowest BCUT2D eigenvalue weighted by Gasteiger charge is -2.30. The lowest BCUT2D eigenvalue weighted by atomic mass is 9.85. The van der Waals surface area contributed by atoms with Crippen molar-refractivity contribution in [3.8, 4) is 22.3 Å². The lowest BCUT2D eigenvalue weighted by Crippen LogP contribution is -2.29. The van der Waals surface area contributed by atoms with Gasteiger partial charge in [0.25, 0.3) is 0 Å². The third kappa shape index (κ3) is 4.22. The van der Waals surface area contributed by atoms with Crippen molar-refractivity contribution in [1.82, 2.24) is 0 Å². The Morgan fingerprint density at radius 3 is 1.16 bits per heavy atom. The molecule has 2 aliphatic rings. The summed E-state index contributed by atoms with van der Waals surface area (Å²) in [5.74, 6) is 0. The van der Waals surface area contributed by atoms with Crippen LogP contribution in [0.5, 0.6) is 0 Å². The molecule has 5 aromatic rings. The second-order valence-electron chi connectivity index (χ2n) is 11.0. The largest absolute Gasteiger partial charge is 0.372 e. The molecule has 190 valence electrons. The van der Waals surface area contributed by atoms with Crippen molar-refractivity contribution >= 4 is 32.9 Å². The second kappa shape index (κ2) is 10.2. The van der Waals surface area contributed by atoms with Crippen molar-refractivity contribution in [1.29, 1.82) is 0 Å². The number of hydrogen-bond acceptors (Lipinski definition) is 2. The van der Waals surface area contributed by atoms with Gasteiger partial charge in [0.2, 0.25) is 0 Å². The van der Waals surface area contributed by atoms with E-state index in [4.69, 9.17) is 0 Å². The summed E-state index contributed by atoms with van der Waals surface area (Å²) in [6.45, 7) is 4.63. The highest BCUT2D eigenvalue weighted by Crippen LogP contribution is 2.46. The van der Waals surface area contributed by atoms with E-state index in [0.717, 1.165) is 26.2 Å². The molecule has 0 amide bonds. The molecule has 2 aliphatic heterocycles. The van der Waals surface area contributed by atoms with Crippen LogP contribution in [0.1, 0.15) is 38.5 Å². The number of hydrogen-bond donors (Lipinski definition) is 0. The summed E-state index contributed by atoms with van der Waals surface area (Å²) in [4.78, 5) is 5.17. The Kier molecular flexibility index (Phi) is 6.25. The van der Waals surface area contributed by atoms with E-state index in [2.05, 4.69) is 107 Å². The zero-order valence-corrected chi connectivity index (χ0v) is 22.2. The van der Waals surface area contributed by atoms with Crippen LogP contribution in [0, 0.1) is 0 Å². The Balaban J connectivity index is 1.55. The quantitative estimate of drug-likeness (QED) is 0.229. The zero-order chi connectivity index (χ0) is 25.3. The molecule has 5 aromatic carbocycles. The standard InChI is InChI=1S/C36H36N2/c1-5-13-27(14-6-1)35-31-19-17-30(38-23-11-4-12-24-38)26-34(31)36(28-15-7-2-8-16-28)32-20-18-29(25-33(32)35)37-21-9-3-10-22-37/h1-2,5-8,13-20,25-26H,3-4,9-12,21-24H2. The van der Waals surface area contributed by atoms with Crippen LogP contribution >= 0.6 is 0 Å². The first-order valence-corrected chi connectivity index (χ1v) is 14.5. The van der Waals surface area contributed by atoms with Crippen LogP contribution in [-0.2, 0) is 0 Å². The molecule has 0 spiro atoms. The van der Waals surface area contributed by atoms with Gasteiger partial charge in [-0.3, -0.25) is 0 Å². The lowest BCUT2D eigenvalue weighted by molar-refractivity contribution is 0.578. The van der Waals surface area contributed by atoms with Crippen molar-refractivity contribution in [2.45, 2.75) is 38.5 Å². The number of rotatable bonds is 4. The summed E-state index contributed by atoms with van der Waals surface area (Å²) in [6.07, 6.45) is 7.85. The van der Waals surface area contributed by atoms with Crippen LogP contribution in [-0.4, -0.2) is 26.2 Å². The summed E-state index contributed by atoms with van der Waals surface area (Å²) in [6, 6.07) is 36.6. The van der Waals surface area contributed by atoms with E-state index in [9.17, 15) is 0 Å². The van der Waals surface area contributed by atoms with Crippen LogP contribution in [0.25, 0.3) is 43.8 Å². The van der Waals surface area contributed by atoms with Crippen LogP contribution in [0.2, 0.25) is 0 Å². The predicted octanol–water partition coefficient (Wildman–Crippen LogP) is 9.31. The van der Waals surface area contributed by atoms with Gasteiger partial charge in [-0.1, -0.05) is 72.8 Å². The average molecular weight is 497 g/mol. The number of piperidine rings is 2. The van der Waals surface area contributed by atoms with Gasteiger partial charge in [-0.15, -0.1) is 0 Å². The summed E-state index contributed by atoms with van der Waals surface area (Å²) >= 11 is 0. The summed E-state index contributed by atoms with van der Waals surface area (Å²) in [5.41, 5.74) is 8.03. The molecule has 0 atom stereocenters. The van der Waals surface area contributed by atoms with Gasteiger partial charge in [0.1, 0.15) is 0 Å². The van der Waals surface area contributed by atoms with E-state index in [1.807, 2.05) is 0 Å². The van der Waals surface area contributed by atoms with Gasteiger partial charge in [0.15, 0.2) is 0 Å². The van der Waals surface area contributed by atoms with Crippen LogP contribution < -0.4 is 9.80 Å². The molecule has 7 rings (SSSR count). The predicted molar refractivity (Wildman–Crippen MR) is 164 cm³/mol. The fraction of sp³-hybridized carbons (Fsp3) is 0.278. The maximum atomic E-state index is 2.59. The molecule has 2 heterocycles. The molecular weight excluding hydrogens is 460 g/mol. The van der Waals surface area contributed by atoms with Gasteiger partial charge in [-0.2, -0.15) is 0 Å². The summed E-state index contributed by atoms with van der Waals surface area (Å²) in [5, 5.41) is 5.41. The molecule has 0 radical (unpaired) electrons. The molecule has 2 nitrogen and oxygen atoms in total.